The van der Waals surface area contributed by atoms with Gasteiger partial charge in [0.25, 0.3) is 0 Å². The van der Waals surface area contributed by atoms with Crippen LogP contribution in [-0.2, 0) is 7.05 Å². The highest BCUT2D eigenvalue weighted by Gasteiger charge is 2.08. The van der Waals surface area contributed by atoms with Crippen molar-refractivity contribution in [2.45, 2.75) is 19.3 Å². The normalized spacial score (nSPS) is 13.1. The number of nitrogens with one attached hydrogen (secondary N) is 1. The summed E-state index contributed by atoms with van der Waals surface area (Å²) in [6.45, 7) is 0. The van der Waals surface area contributed by atoms with Crippen molar-refractivity contribution in [1.82, 2.24) is 19.5 Å². The Bertz CT molecular complexity index is 485. The molecule has 1 aliphatic rings. The fraction of sp³-hybridized carbons (Fsp3) is 0.500. The van der Waals surface area contributed by atoms with E-state index in [1.165, 1.54) is 19.3 Å². The van der Waals surface area contributed by atoms with E-state index < -0.39 is 0 Å². The summed E-state index contributed by atoms with van der Waals surface area (Å²) >= 11 is 0. The smallest absolute Gasteiger partial charge is 0.224 e. The van der Waals surface area contributed by atoms with Crippen LogP contribution in [0.2, 0.25) is 0 Å². The van der Waals surface area contributed by atoms with Crippen LogP contribution in [0.25, 0.3) is 11.2 Å². The van der Waals surface area contributed by atoms with E-state index in [-0.39, 0.29) is 5.95 Å². The zero-order valence-corrected chi connectivity index (χ0v) is 9.56. The molecule has 0 saturated heterocycles. The Morgan fingerprint density at radius 2 is 2.00 bits per heavy atom. The fourth-order valence-corrected chi connectivity index (χ4v) is 1.20. The maximum Gasteiger partial charge on any atom is 0.224 e. The molecule has 86 valence electrons. The lowest BCUT2D eigenvalue weighted by molar-refractivity contribution is 0.929. The van der Waals surface area contributed by atoms with Gasteiger partial charge in [0.2, 0.25) is 5.95 Å². The number of hydrogen-bond acceptors (Lipinski definition) is 5. The number of fused-ring (bicyclic) bond motifs is 1. The van der Waals surface area contributed by atoms with Crippen LogP contribution >= 0.6 is 0 Å². The van der Waals surface area contributed by atoms with Crippen LogP contribution in [0.15, 0.2) is 6.33 Å². The molecule has 1 saturated carbocycles. The Morgan fingerprint density at radius 3 is 2.56 bits per heavy atom. The number of imidazole rings is 1. The van der Waals surface area contributed by atoms with Gasteiger partial charge in [0.05, 0.1) is 6.33 Å². The molecule has 2 heterocycles. The van der Waals surface area contributed by atoms with Gasteiger partial charge in [0.15, 0.2) is 17.0 Å². The molecule has 0 radical (unpaired) electrons. The molecule has 0 aromatic carbocycles. The van der Waals surface area contributed by atoms with Gasteiger partial charge in [-0.2, -0.15) is 9.97 Å². The summed E-state index contributed by atoms with van der Waals surface area (Å²) in [4.78, 5) is 12.2. The molecule has 0 spiro atoms. The van der Waals surface area contributed by atoms with Crippen molar-refractivity contribution >= 4 is 22.9 Å². The second-order valence-corrected chi connectivity index (χ2v) is 3.77. The number of nitrogen functional groups attached to an aromatic ring is 1. The zero-order chi connectivity index (χ0) is 11.5. The first-order valence-electron chi connectivity index (χ1n) is 5.34. The van der Waals surface area contributed by atoms with Crippen LogP contribution in [0.5, 0.6) is 0 Å². The first kappa shape index (κ1) is 10.7. The topological polar surface area (TPSA) is 81.7 Å². The molecular weight excluding hydrogens is 204 g/mol. The molecule has 6 heteroatoms. The molecule has 2 aromatic heterocycles. The van der Waals surface area contributed by atoms with Gasteiger partial charge < -0.3 is 15.6 Å². The van der Waals surface area contributed by atoms with Crippen LogP contribution in [0.1, 0.15) is 19.3 Å². The molecule has 0 amide bonds. The summed E-state index contributed by atoms with van der Waals surface area (Å²) in [7, 11) is 3.64. The van der Waals surface area contributed by atoms with Gasteiger partial charge in [-0.3, -0.25) is 0 Å². The van der Waals surface area contributed by atoms with Crippen molar-refractivity contribution in [2.75, 3.05) is 18.1 Å². The summed E-state index contributed by atoms with van der Waals surface area (Å²) in [6, 6.07) is 0. The lowest BCUT2D eigenvalue weighted by Crippen LogP contribution is -2.02. The maximum atomic E-state index is 5.52. The number of aromatic nitrogens is 4. The third-order valence-corrected chi connectivity index (χ3v) is 2.17. The number of aryl methyl sites for hydroxylation is 1. The van der Waals surface area contributed by atoms with Gasteiger partial charge in [-0.05, 0) is 0 Å². The van der Waals surface area contributed by atoms with Gasteiger partial charge in [0, 0.05) is 14.1 Å². The van der Waals surface area contributed by atoms with Crippen molar-refractivity contribution in [2.24, 2.45) is 7.05 Å². The van der Waals surface area contributed by atoms with Crippen LogP contribution in [0, 0.1) is 0 Å². The number of hydrogen-bond donors (Lipinski definition) is 2. The second kappa shape index (κ2) is 4.34. The molecule has 6 nitrogen and oxygen atoms in total. The fourth-order valence-electron chi connectivity index (χ4n) is 1.20. The molecule has 16 heavy (non-hydrogen) atoms. The molecule has 0 unspecified atom stereocenters. The molecular formula is C10H16N6. The zero-order valence-electron chi connectivity index (χ0n) is 9.56. The van der Waals surface area contributed by atoms with Crippen LogP contribution in [0.4, 0.5) is 11.8 Å². The number of nitrogens with two attached hydrogens (primary N) is 1. The van der Waals surface area contributed by atoms with E-state index in [1.54, 1.807) is 17.9 Å². The van der Waals surface area contributed by atoms with Crippen LogP contribution in [-0.4, -0.2) is 26.6 Å². The summed E-state index contributed by atoms with van der Waals surface area (Å²) in [5.41, 5.74) is 6.99. The lowest BCUT2D eigenvalue weighted by Gasteiger charge is -2.01. The Morgan fingerprint density at radius 1 is 1.31 bits per heavy atom. The van der Waals surface area contributed by atoms with Crippen molar-refractivity contribution in [3.63, 3.8) is 0 Å². The minimum absolute atomic E-state index is 0.250. The monoisotopic (exact) mass is 220 g/mol. The van der Waals surface area contributed by atoms with E-state index in [9.17, 15) is 0 Å². The van der Waals surface area contributed by atoms with Gasteiger partial charge in [-0.1, -0.05) is 19.3 Å². The second-order valence-electron chi connectivity index (χ2n) is 3.77. The lowest BCUT2D eigenvalue weighted by atomic mass is 10.5. The average Bonchev–Trinajstić information content (AvgIpc) is 3.10. The quantitative estimate of drug-likeness (QED) is 0.753. The highest BCUT2D eigenvalue weighted by atomic mass is 15.2. The molecule has 1 aliphatic carbocycles. The Hall–Kier alpha value is -1.85. The first-order valence-corrected chi connectivity index (χ1v) is 5.34. The van der Waals surface area contributed by atoms with Crippen molar-refractivity contribution in [3.05, 3.63) is 6.33 Å². The van der Waals surface area contributed by atoms with Gasteiger partial charge >= 0.3 is 0 Å². The van der Waals surface area contributed by atoms with E-state index in [1.807, 2.05) is 7.05 Å². The Kier molecular flexibility index (Phi) is 2.89. The predicted molar refractivity (Wildman–Crippen MR) is 64.1 cm³/mol. The minimum Gasteiger partial charge on any atom is -0.371 e. The summed E-state index contributed by atoms with van der Waals surface area (Å²) in [5, 5.41) is 2.92. The van der Waals surface area contributed by atoms with Gasteiger partial charge in [-0.25, -0.2) is 4.98 Å². The molecule has 0 bridgehead atoms. The Labute approximate surface area is 93.9 Å². The highest BCUT2D eigenvalue weighted by Crippen LogP contribution is 2.17. The van der Waals surface area contributed by atoms with E-state index >= 15 is 0 Å². The molecule has 3 rings (SSSR count). The number of nitrogens with zero attached hydrogens (tertiary/aromatic N) is 4. The van der Waals surface area contributed by atoms with Crippen LogP contribution in [0.3, 0.4) is 0 Å². The first-order chi connectivity index (χ1) is 7.72. The number of rotatable bonds is 1. The molecule has 2 aromatic rings. The third-order valence-electron chi connectivity index (χ3n) is 2.17. The number of anilines is 2. The van der Waals surface area contributed by atoms with Crippen LogP contribution < -0.4 is 11.1 Å². The summed E-state index contributed by atoms with van der Waals surface area (Å²) < 4.78 is 1.80. The largest absolute Gasteiger partial charge is 0.371 e. The van der Waals surface area contributed by atoms with Gasteiger partial charge in [0.1, 0.15) is 0 Å². The van der Waals surface area contributed by atoms with Crippen molar-refractivity contribution in [3.8, 4) is 0 Å². The van der Waals surface area contributed by atoms with E-state index in [2.05, 4.69) is 20.3 Å². The third kappa shape index (κ3) is 2.21. The standard InChI is InChI=1S/C7H10N6.C3H6/c1-9-5-4-6(12-7(8)11-5)13(2)3-10-4;1-2-3-1/h3H,1-2H3,(H3,8,9,11,12);1-3H2. The molecule has 3 N–H and O–H groups in total. The molecule has 1 fully saturated rings. The van der Waals surface area contributed by atoms with Crippen molar-refractivity contribution in [1.29, 1.82) is 0 Å². The Balaban J connectivity index is 0.000000278. The highest BCUT2D eigenvalue weighted by molar-refractivity contribution is 5.83. The van der Waals surface area contributed by atoms with Gasteiger partial charge in [-0.15, -0.1) is 0 Å². The minimum atomic E-state index is 0.250. The summed E-state index contributed by atoms with van der Waals surface area (Å²) in [6.07, 6.45) is 6.18. The van der Waals surface area contributed by atoms with E-state index in [0.29, 0.717) is 5.82 Å². The summed E-state index contributed by atoms with van der Waals surface area (Å²) in [5.74, 6) is 0.906. The van der Waals surface area contributed by atoms with E-state index in [0.717, 1.165) is 11.2 Å². The van der Waals surface area contributed by atoms with Crippen molar-refractivity contribution < 1.29 is 0 Å². The maximum absolute atomic E-state index is 5.52. The predicted octanol–water partition coefficient (Wildman–Crippen LogP) is 1.16. The average molecular weight is 220 g/mol. The van der Waals surface area contributed by atoms with E-state index in [4.69, 9.17) is 5.73 Å². The molecule has 0 atom stereocenters. The molecule has 0 aliphatic heterocycles. The SMILES string of the molecule is C1CC1.CNc1nc(N)nc2c1ncn2C.